The van der Waals surface area contributed by atoms with Crippen LogP contribution in [0.25, 0.3) is 22.6 Å². The lowest BCUT2D eigenvalue weighted by molar-refractivity contribution is 0.412. The van der Waals surface area contributed by atoms with Crippen molar-refractivity contribution in [1.82, 2.24) is 4.98 Å². The maximum atomic E-state index is 5.90. The Labute approximate surface area is 138 Å². The molecule has 0 radical (unpaired) electrons. The fraction of sp³-hybridized carbons (Fsp3) is 0.133. The summed E-state index contributed by atoms with van der Waals surface area (Å²) in [6.45, 7) is 1.95. The highest BCUT2D eigenvalue weighted by Gasteiger charge is 2.17. The zero-order valence-corrected chi connectivity index (χ0v) is 14.6. The van der Waals surface area contributed by atoms with Gasteiger partial charge in [-0.2, -0.15) is 0 Å². The van der Waals surface area contributed by atoms with Gasteiger partial charge in [0.1, 0.15) is 11.3 Å². The Hall–Kier alpha value is -1.53. The Balaban J connectivity index is 2.28. The van der Waals surface area contributed by atoms with Gasteiger partial charge in [-0.25, -0.2) is 4.98 Å². The molecular weight excluding hydrogens is 400 g/mol. The summed E-state index contributed by atoms with van der Waals surface area (Å²) in [5.74, 6) is 1.17. The number of fused-ring (bicyclic) bond motifs is 1. The van der Waals surface area contributed by atoms with Gasteiger partial charge in [-0.1, -0.05) is 15.9 Å². The van der Waals surface area contributed by atoms with Gasteiger partial charge in [0.2, 0.25) is 5.89 Å². The quantitative estimate of drug-likeness (QED) is 0.608. The maximum absolute atomic E-state index is 5.90. The van der Waals surface area contributed by atoms with Crippen molar-refractivity contribution >= 4 is 48.6 Å². The molecule has 0 saturated heterocycles. The molecule has 3 rings (SSSR count). The molecule has 1 heterocycles. The minimum absolute atomic E-state index is 0.498. The highest BCUT2D eigenvalue weighted by atomic mass is 79.9. The molecule has 0 atom stereocenters. The average molecular weight is 412 g/mol. The molecule has 0 aliphatic heterocycles. The molecule has 21 heavy (non-hydrogen) atoms. The first-order valence-corrected chi connectivity index (χ1v) is 7.78. The summed E-state index contributed by atoms with van der Waals surface area (Å²) < 4.78 is 13.1. The third-order valence-corrected chi connectivity index (χ3v) is 4.19. The van der Waals surface area contributed by atoms with Gasteiger partial charge in [0.05, 0.1) is 17.1 Å². The molecule has 0 aliphatic carbocycles. The predicted molar refractivity (Wildman–Crippen MR) is 90.5 cm³/mol. The Morgan fingerprint density at radius 3 is 2.67 bits per heavy atom. The number of aryl methyl sites for hydroxylation is 1. The van der Waals surface area contributed by atoms with E-state index in [0.29, 0.717) is 17.3 Å². The first-order valence-electron chi connectivity index (χ1n) is 6.19. The molecule has 0 fully saturated rings. The van der Waals surface area contributed by atoms with Crippen molar-refractivity contribution in [3.63, 3.8) is 0 Å². The highest BCUT2D eigenvalue weighted by Crippen LogP contribution is 2.40. The van der Waals surface area contributed by atoms with E-state index >= 15 is 0 Å². The minimum Gasteiger partial charge on any atom is -0.495 e. The predicted octanol–water partition coefficient (Wildman–Crippen LogP) is 4.92. The molecule has 4 nitrogen and oxygen atoms in total. The van der Waals surface area contributed by atoms with Gasteiger partial charge in [0.25, 0.3) is 0 Å². The van der Waals surface area contributed by atoms with E-state index in [-0.39, 0.29) is 0 Å². The average Bonchev–Trinajstić information content (AvgIpc) is 2.81. The molecule has 2 aromatic carbocycles. The smallest absolute Gasteiger partial charge is 0.231 e. The molecule has 0 unspecified atom stereocenters. The van der Waals surface area contributed by atoms with Crippen molar-refractivity contribution in [3.05, 3.63) is 38.8 Å². The maximum Gasteiger partial charge on any atom is 0.231 e. The van der Waals surface area contributed by atoms with Crippen LogP contribution in [0, 0.1) is 6.92 Å². The first kappa shape index (κ1) is 14.4. The number of methoxy groups -OCH3 is 1. The number of halogens is 2. The minimum atomic E-state index is 0.498. The number of nitrogen functional groups attached to an aromatic ring is 1. The van der Waals surface area contributed by atoms with Crippen molar-refractivity contribution in [2.45, 2.75) is 6.92 Å². The van der Waals surface area contributed by atoms with Crippen molar-refractivity contribution < 1.29 is 9.15 Å². The fourth-order valence-electron chi connectivity index (χ4n) is 2.27. The lowest BCUT2D eigenvalue weighted by Gasteiger charge is -2.08. The van der Waals surface area contributed by atoms with Crippen LogP contribution in [0.5, 0.6) is 5.75 Å². The Morgan fingerprint density at radius 1 is 1.19 bits per heavy atom. The third kappa shape index (κ3) is 2.53. The second-order valence-corrected chi connectivity index (χ2v) is 6.44. The number of nitrogens with two attached hydrogens (primary N) is 1. The van der Waals surface area contributed by atoms with Crippen LogP contribution in [0.2, 0.25) is 0 Å². The van der Waals surface area contributed by atoms with E-state index < -0.39 is 0 Å². The zero-order chi connectivity index (χ0) is 15.1. The van der Waals surface area contributed by atoms with E-state index in [2.05, 4.69) is 36.8 Å². The van der Waals surface area contributed by atoms with Crippen LogP contribution in [0.15, 0.2) is 37.6 Å². The van der Waals surface area contributed by atoms with E-state index in [1.54, 1.807) is 13.2 Å². The molecule has 0 spiro atoms. The Morgan fingerprint density at radius 2 is 1.95 bits per heavy atom. The van der Waals surface area contributed by atoms with E-state index in [9.17, 15) is 0 Å². The molecule has 1 aromatic heterocycles. The molecule has 108 valence electrons. The van der Waals surface area contributed by atoms with Crippen molar-refractivity contribution in [3.8, 4) is 17.2 Å². The summed E-state index contributed by atoms with van der Waals surface area (Å²) in [5.41, 5.74) is 9.72. The lowest BCUT2D eigenvalue weighted by Crippen LogP contribution is -1.90. The number of rotatable bonds is 2. The van der Waals surface area contributed by atoms with Crippen LogP contribution in [-0.4, -0.2) is 12.1 Å². The Kier molecular flexibility index (Phi) is 3.67. The van der Waals surface area contributed by atoms with Crippen LogP contribution >= 0.6 is 31.9 Å². The molecule has 0 bridgehead atoms. The monoisotopic (exact) mass is 410 g/mol. The lowest BCUT2D eigenvalue weighted by atomic mass is 10.2. The van der Waals surface area contributed by atoms with Crippen molar-refractivity contribution in [2.24, 2.45) is 0 Å². The van der Waals surface area contributed by atoms with E-state index in [1.165, 1.54) is 0 Å². The number of hydrogen-bond donors (Lipinski definition) is 1. The van der Waals surface area contributed by atoms with E-state index in [1.807, 2.05) is 25.1 Å². The van der Waals surface area contributed by atoms with Crippen LogP contribution in [0.4, 0.5) is 5.69 Å². The second kappa shape index (κ2) is 5.35. The number of anilines is 1. The van der Waals surface area contributed by atoms with Crippen LogP contribution in [0.3, 0.4) is 0 Å². The number of hydrogen-bond acceptors (Lipinski definition) is 4. The SMILES string of the molecule is COc1c(Br)cc(Br)cc1-c1nc2cc(N)cc(C)c2o1. The summed E-state index contributed by atoms with van der Waals surface area (Å²) in [5, 5.41) is 0. The molecule has 0 saturated carbocycles. The van der Waals surface area contributed by atoms with Gasteiger partial charge in [-0.15, -0.1) is 0 Å². The molecule has 0 aliphatic rings. The number of nitrogens with zero attached hydrogens (tertiary/aromatic N) is 1. The molecule has 6 heteroatoms. The second-order valence-electron chi connectivity index (χ2n) is 4.67. The number of benzene rings is 2. The van der Waals surface area contributed by atoms with Gasteiger partial charge in [-0.3, -0.25) is 0 Å². The summed E-state index contributed by atoms with van der Waals surface area (Å²) in [4.78, 5) is 4.53. The summed E-state index contributed by atoms with van der Waals surface area (Å²) in [6, 6.07) is 7.49. The number of oxazole rings is 1. The van der Waals surface area contributed by atoms with Crippen LogP contribution in [0.1, 0.15) is 5.56 Å². The fourth-order valence-corrected chi connectivity index (χ4v) is 3.66. The van der Waals surface area contributed by atoms with E-state index in [4.69, 9.17) is 14.9 Å². The first-order chi connectivity index (χ1) is 9.99. The normalized spacial score (nSPS) is 11.0. The molecule has 2 N–H and O–H groups in total. The van der Waals surface area contributed by atoms with E-state index in [0.717, 1.165) is 31.2 Å². The summed E-state index contributed by atoms with van der Waals surface area (Å²) >= 11 is 6.95. The van der Waals surface area contributed by atoms with Crippen molar-refractivity contribution in [1.29, 1.82) is 0 Å². The zero-order valence-electron chi connectivity index (χ0n) is 11.4. The summed E-state index contributed by atoms with van der Waals surface area (Å²) in [7, 11) is 1.61. The van der Waals surface area contributed by atoms with Crippen molar-refractivity contribution in [2.75, 3.05) is 12.8 Å². The van der Waals surface area contributed by atoms with Crippen LogP contribution in [-0.2, 0) is 0 Å². The van der Waals surface area contributed by atoms with Crippen LogP contribution < -0.4 is 10.5 Å². The number of ether oxygens (including phenoxy) is 1. The number of aromatic nitrogens is 1. The topological polar surface area (TPSA) is 61.3 Å². The molecule has 0 amide bonds. The van der Waals surface area contributed by atoms with Gasteiger partial charge >= 0.3 is 0 Å². The highest BCUT2D eigenvalue weighted by molar-refractivity contribution is 9.11. The standard InChI is InChI=1S/C15H12Br2N2O2/c1-7-3-9(18)6-12-13(7)21-15(19-12)10-4-8(16)5-11(17)14(10)20-2/h3-6H,18H2,1-2H3. The third-order valence-electron chi connectivity index (χ3n) is 3.14. The van der Waals surface area contributed by atoms with Gasteiger partial charge in [-0.05, 0) is 52.7 Å². The molecule has 3 aromatic rings. The van der Waals surface area contributed by atoms with Gasteiger partial charge in [0.15, 0.2) is 5.58 Å². The Bertz CT molecular complexity index is 843. The van der Waals surface area contributed by atoms with Gasteiger partial charge in [0, 0.05) is 10.2 Å². The van der Waals surface area contributed by atoms with Gasteiger partial charge < -0.3 is 14.9 Å². The molecular formula is C15H12Br2N2O2. The largest absolute Gasteiger partial charge is 0.495 e. The summed E-state index contributed by atoms with van der Waals surface area (Å²) in [6.07, 6.45) is 0.